The first-order valence-electron chi connectivity index (χ1n) is 7.90. The Morgan fingerprint density at radius 1 is 1.26 bits per heavy atom. The smallest absolute Gasteiger partial charge is 0.193 e. The SMILES string of the molecule is CCCc1ccc(Cl)cc1C(O)c1cc(C2OCCO2)sc1C. The second-order valence-corrected chi connectivity index (χ2v) is 7.45. The molecule has 0 saturated carbocycles. The van der Waals surface area contributed by atoms with Crippen molar-refractivity contribution in [3.8, 4) is 0 Å². The highest BCUT2D eigenvalue weighted by Gasteiger charge is 2.25. The third-order valence-corrected chi connectivity index (χ3v) is 5.37. The van der Waals surface area contributed by atoms with Gasteiger partial charge in [0.15, 0.2) is 6.29 Å². The monoisotopic (exact) mass is 352 g/mol. The van der Waals surface area contributed by atoms with Crippen molar-refractivity contribution in [1.82, 2.24) is 0 Å². The summed E-state index contributed by atoms with van der Waals surface area (Å²) in [6.45, 7) is 5.39. The molecule has 0 aliphatic carbocycles. The Bertz CT molecular complexity index is 677. The van der Waals surface area contributed by atoms with E-state index in [1.54, 1.807) is 11.3 Å². The number of hydrogen-bond donors (Lipinski definition) is 1. The minimum Gasteiger partial charge on any atom is -0.384 e. The molecule has 1 fully saturated rings. The first-order chi connectivity index (χ1) is 11.1. The molecular formula is C18H21ClO3S. The van der Waals surface area contributed by atoms with Crippen LogP contribution in [0.25, 0.3) is 0 Å². The first-order valence-corrected chi connectivity index (χ1v) is 9.09. The van der Waals surface area contributed by atoms with Crippen LogP contribution in [0.3, 0.4) is 0 Å². The van der Waals surface area contributed by atoms with Gasteiger partial charge in [0.2, 0.25) is 0 Å². The predicted molar refractivity (Wildman–Crippen MR) is 93.2 cm³/mol. The highest BCUT2D eigenvalue weighted by atomic mass is 35.5. The van der Waals surface area contributed by atoms with Gasteiger partial charge in [-0.1, -0.05) is 31.0 Å². The van der Waals surface area contributed by atoms with Gasteiger partial charge >= 0.3 is 0 Å². The summed E-state index contributed by atoms with van der Waals surface area (Å²) in [7, 11) is 0. The Labute approximate surface area is 145 Å². The number of aliphatic hydroxyl groups excluding tert-OH is 1. The van der Waals surface area contributed by atoms with Gasteiger partial charge in [-0.25, -0.2) is 0 Å². The van der Waals surface area contributed by atoms with E-state index in [9.17, 15) is 5.11 Å². The topological polar surface area (TPSA) is 38.7 Å². The summed E-state index contributed by atoms with van der Waals surface area (Å²) in [5.41, 5.74) is 2.94. The zero-order valence-corrected chi connectivity index (χ0v) is 14.9. The van der Waals surface area contributed by atoms with Crippen molar-refractivity contribution >= 4 is 22.9 Å². The predicted octanol–water partition coefficient (Wildman–Crippen LogP) is 4.79. The molecule has 3 rings (SSSR count). The largest absolute Gasteiger partial charge is 0.384 e. The van der Waals surface area contributed by atoms with E-state index < -0.39 is 6.10 Å². The maximum absolute atomic E-state index is 10.9. The highest BCUT2D eigenvalue weighted by Crippen LogP contribution is 2.38. The van der Waals surface area contributed by atoms with Crippen molar-refractivity contribution in [3.63, 3.8) is 0 Å². The molecule has 1 aliphatic heterocycles. The molecule has 1 aromatic heterocycles. The average molecular weight is 353 g/mol. The molecule has 2 aromatic rings. The van der Waals surface area contributed by atoms with Crippen LogP contribution in [0.5, 0.6) is 0 Å². The zero-order chi connectivity index (χ0) is 16.4. The molecule has 1 aliphatic rings. The molecule has 23 heavy (non-hydrogen) atoms. The Hall–Kier alpha value is -0.910. The maximum atomic E-state index is 10.9. The van der Waals surface area contributed by atoms with Crippen molar-refractivity contribution in [1.29, 1.82) is 0 Å². The van der Waals surface area contributed by atoms with Gasteiger partial charge < -0.3 is 14.6 Å². The third kappa shape index (κ3) is 3.62. The molecule has 1 unspecified atom stereocenters. The number of hydrogen-bond acceptors (Lipinski definition) is 4. The lowest BCUT2D eigenvalue weighted by atomic mass is 9.95. The maximum Gasteiger partial charge on any atom is 0.193 e. The van der Waals surface area contributed by atoms with E-state index in [4.69, 9.17) is 21.1 Å². The normalized spacial score (nSPS) is 16.9. The molecule has 0 radical (unpaired) electrons. The number of rotatable bonds is 5. The lowest BCUT2D eigenvalue weighted by Gasteiger charge is -2.16. The summed E-state index contributed by atoms with van der Waals surface area (Å²) >= 11 is 7.76. The Kier molecular flexibility index (Phi) is 5.39. The Morgan fingerprint density at radius 3 is 2.70 bits per heavy atom. The van der Waals surface area contributed by atoms with Gasteiger partial charge in [-0.05, 0) is 48.2 Å². The second kappa shape index (κ2) is 7.32. The van der Waals surface area contributed by atoms with Gasteiger partial charge in [0.05, 0.1) is 18.1 Å². The average Bonchev–Trinajstić information content (AvgIpc) is 3.18. The zero-order valence-electron chi connectivity index (χ0n) is 13.3. The molecule has 0 bridgehead atoms. The lowest BCUT2D eigenvalue weighted by molar-refractivity contribution is -0.0414. The van der Waals surface area contributed by atoms with Crippen molar-refractivity contribution in [3.05, 3.63) is 55.7 Å². The summed E-state index contributed by atoms with van der Waals surface area (Å²) < 4.78 is 11.1. The van der Waals surface area contributed by atoms with Gasteiger partial charge in [0, 0.05) is 9.90 Å². The van der Waals surface area contributed by atoms with Gasteiger partial charge in [-0.15, -0.1) is 11.3 Å². The van der Waals surface area contributed by atoms with Crippen molar-refractivity contribution in [2.45, 2.75) is 39.1 Å². The highest BCUT2D eigenvalue weighted by molar-refractivity contribution is 7.12. The number of halogens is 1. The first kappa shape index (κ1) is 16.9. The van der Waals surface area contributed by atoms with E-state index in [1.807, 2.05) is 31.2 Å². The number of aryl methyl sites for hydroxylation is 2. The van der Waals surface area contributed by atoms with Crippen molar-refractivity contribution in [2.24, 2.45) is 0 Å². The molecule has 1 N–H and O–H groups in total. The lowest BCUT2D eigenvalue weighted by Crippen LogP contribution is -2.04. The molecule has 3 nitrogen and oxygen atoms in total. The summed E-state index contributed by atoms with van der Waals surface area (Å²) in [6.07, 6.45) is 0.976. The molecule has 0 spiro atoms. The fraction of sp³-hybridized carbons (Fsp3) is 0.444. The van der Waals surface area contributed by atoms with E-state index in [0.29, 0.717) is 18.2 Å². The fourth-order valence-corrected chi connectivity index (χ4v) is 4.16. The molecule has 5 heteroatoms. The number of benzene rings is 1. The molecule has 1 saturated heterocycles. The second-order valence-electron chi connectivity index (χ2n) is 5.73. The van der Waals surface area contributed by atoms with Crippen LogP contribution in [-0.2, 0) is 15.9 Å². The quantitative estimate of drug-likeness (QED) is 0.840. The standard InChI is InChI=1S/C18H21ClO3S/c1-3-4-12-5-6-13(19)9-15(12)17(20)14-10-16(23-11(14)2)18-21-7-8-22-18/h5-6,9-10,17-18,20H,3-4,7-8H2,1-2H3. The molecule has 2 heterocycles. The molecule has 1 aromatic carbocycles. The number of ether oxygens (including phenoxy) is 2. The van der Waals surface area contributed by atoms with Crippen LogP contribution >= 0.6 is 22.9 Å². The summed E-state index contributed by atoms with van der Waals surface area (Å²) in [5.74, 6) is 0. The van der Waals surface area contributed by atoms with Crippen LogP contribution in [-0.4, -0.2) is 18.3 Å². The Balaban J connectivity index is 1.93. The summed E-state index contributed by atoms with van der Waals surface area (Å²) in [4.78, 5) is 2.09. The molecular weight excluding hydrogens is 332 g/mol. The summed E-state index contributed by atoms with van der Waals surface area (Å²) in [6, 6.07) is 7.76. The Morgan fingerprint density at radius 2 is 2.00 bits per heavy atom. The minimum absolute atomic E-state index is 0.297. The van der Waals surface area contributed by atoms with Crippen LogP contribution in [0.15, 0.2) is 24.3 Å². The van der Waals surface area contributed by atoms with Crippen LogP contribution in [0.1, 0.15) is 52.2 Å². The van der Waals surface area contributed by atoms with Gasteiger partial charge in [0.25, 0.3) is 0 Å². The van der Waals surface area contributed by atoms with Crippen LogP contribution in [0.4, 0.5) is 0 Å². The van der Waals surface area contributed by atoms with E-state index in [0.717, 1.165) is 39.3 Å². The van der Waals surface area contributed by atoms with Crippen LogP contribution < -0.4 is 0 Å². The van der Waals surface area contributed by atoms with Gasteiger partial charge in [0.1, 0.15) is 6.10 Å². The van der Waals surface area contributed by atoms with Crippen molar-refractivity contribution < 1.29 is 14.6 Å². The minimum atomic E-state index is -0.679. The van der Waals surface area contributed by atoms with Crippen molar-refractivity contribution in [2.75, 3.05) is 13.2 Å². The molecule has 1 atom stereocenters. The van der Waals surface area contributed by atoms with E-state index in [2.05, 4.69) is 6.92 Å². The van der Waals surface area contributed by atoms with E-state index >= 15 is 0 Å². The number of thiophene rings is 1. The van der Waals surface area contributed by atoms with Gasteiger partial charge in [-0.2, -0.15) is 0 Å². The van der Waals surface area contributed by atoms with E-state index in [1.165, 1.54) is 0 Å². The number of aliphatic hydroxyl groups is 1. The van der Waals surface area contributed by atoms with Crippen LogP contribution in [0.2, 0.25) is 5.02 Å². The van der Waals surface area contributed by atoms with Crippen LogP contribution in [0, 0.1) is 6.92 Å². The van der Waals surface area contributed by atoms with E-state index in [-0.39, 0.29) is 6.29 Å². The third-order valence-electron chi connectivity index (χ3n) is 4.05. The fourth-order valence-electron chi connectivity index (χ4n) is 2.92. The molecule has 0 amide bonds. The molecule has 124 valence electrons. The van der Waals surface area contributed by atoms with Gasteiger partial charge in [-0.3, -0.25) is 0 Å². The summed E-state index contributed by atoms with van der Waals surface area (Å²) in [5, 5.41) is 11.6.